The average molecular weight is 425 g/mol. The first-order chi connectivity index (χ1) is 15.6. The summed E-state index contributed by atoms with van der Waals surface area (Å²) < 4.78 is 3.56. The molecule has 160 valence electrons. The molecule has 4 aromatic heterocycles. The van der Waals surface area contributed by atoms with Crippen LogP contribution in [0.1, 0.15) is 24.8 Å². The summed E-state index contributed by atoms with van der Waals surface area (Å²) in [5.74, 6) is 1.01. The van der Waals surface area contributed by atoms with Crippen molar-refractivity contribution in [2.45, 2.75) is 24.8 Å². The van der Waals surface area contributed by atoms with E-state index in [1.165, 1.54) is 19.3 Å². The lowest BCUT2D eigenvalue weighted by Gasteiger charge is -2.24. The Labute approximate surface area is 186 Å². The minimum absolute atomic E-state index is 0.268. The van der Waals surface area contributed by atoms with Crippen LogP contribution in [-0.2, 0) is 7.05 Å². The van der Waals surface area contributed by atoms with Gasteiger partial charge >= 0.3 is 0 Å². The number of rotatable bonds is 3. The van der Waals surface area contributed by atoms with E-state index in [4.69, 9.17) is 4.98 Å². The SMILES string of the molecule is Cn1cc(-c2cc(-c3ccc(N4CCC5(CCCN5)C4)nc3)c3c(C#N)cnn3c2)cn1. The van der Waals surface area contributed by atoms with Crippen LogP contribution in [0.15, 0.2) is 49.2 Å². The predicted molar refractivity (Wildman–Crippen MR) is 122 cm³/mol. The quantitative estimate of drug-likeness (QED) is 0.544. The largest absolute Gasteiger partial charge is 0.355 e. The van der Waals surface area contributed by atoms with Crippen LogP contribution in [0.3, 0.4) is 0 Å². The molecule has 32 heavy (non-hydrogen) atoms. The molecule has 0 aromatic carbocycles. The van der Waals surface area contributed by atoms with Gasteiger partial charge in [0.2, 0.25) is 0 Å². The molecule has 4 aromatic rings. The highest BCUT2D eigenvalue weighted by Crippen LogP contribution is 2.35. The van der Waals surface area contributed by atoms with Crippen molar-refractivity contribution in [2.24, 2.45) is 7.05 Å². The molecule has 0 saturated carbocycles. The lowest BCUT2D eigenvalue weighted by atomic mass is 9.97. The zero-order valence-electron chi connectivity index (χ0n) is 18.0. The maximum Gasteiger partial charge on any atom is 0.128 e. The smallest absolute Gasteiger partial charge is 0.128 e. The molecule has 8 nitrogen and oxygen atoms in total. The normalized spacial score (nSPS) is 20.4. The Kier molecular flexibility index (Phi) is 4.26. The van der Waals surface area contributed by atoms with Crippen LogP contribution in [0.4, 0.5) is 5.82 Å². The zero-order valence-corrected chi connectivity index (χ0v) is 18.0. The number of anilines is 1. The maximum absolute atomic E-state index is 9.63. The van der Waals surface area contributed by atoms with Crippen molar-refractivity contribution in [2.75, 3.05) is 24.5 Å². The highest BCUT2D eigenvalue weighted by atomic mass is 15.3. The Morgan fingerprint density at radius 2 is 2.00 bits per heavy atom. The first-order valence-corrected chi connectivity index (χ1v) is 11.0. The van der Waals surface area contributed by atoms with Crippen molar-refractivity contribution in [1.29, 1.82) is 5.26 Å². The highest BCUT2D eigenvalue weighted by molar-refractivity contribution is 5.87. The Balaban J connectivity index is 1.39. The van der Waals surface area contributed by atoms with Gasteiger partial charge in [0.05, 0.1) is 23.5 Å². The van der Waals surface area contributed by atoms with Crippen LogP contribution in [0.5, 0.6) is 0 Å². The fourth-order valence-electron chi connectivity index (χ4n) is 5.17. The lowest BCUT2D eigenvalue weighted by Crippen LogP contribution is -2.42. The number of aryl methyl sites for hydroxylation is 1. The summed E-state index contributed by atoms with van der Waals surface area (Å²) in [7, 11) is 1.90. The maximum atomic E-state index is 9.63. The van der Waals surface area contributed by atoms with Crippen LogP contribution >= 0.6 is 0 Å². The first kappa shape index (κ1) is 19.0. The summed E-state index contributed by atoms with van der Waals surface area (Å²) in [4.78, 5) is 7.19. The average Bonchev–Trinajstić information content (AvgIpc) is 3.61. The van der Waals surface area contributed by atoms with E-state index in [-0.39, 0.29) is 5.54 Å². The summed E-state index contributed by atoms with van der Waals surface area (Å²) in [6.45, 7) is 3.17. The molecule has 1 unspecified atom stereocenters. The number of nitriles is 1. The third-order valence-corrected chi connectivity index (χ3v) is 6.84. The third kappa shape index (κ3) is 3.05. The number of nitrogens with zero attached hydrogens (tertiary/aromatic N) is 7. The molecule has 0 radical (unpaired) electrons. The van der Waals surface area contributed by atoms with E-state index in [2.05, 4.69) is 44.7 Å². The summed E-state index contributed by atoms with van der Waals surface area (Å²) in [6, 6.07) is 8.57. The van der Waals surface area contributed by atoms with E-state index in [1.54, 1.807) is 15.4 Å². The molecule has 0 aliphatic carbocycles. The molecular weight excluding hydrogens is 400 g/mol. The van der Waals surface area contributed by atoms with Gasteiger partial charge in [0.1, 0.15) is 11.9 Å². The first-order valence-electron chi connectivity index (χ1n) is 11.0. The van der Waals surface area contributed by atoms with Crippen molar-refractivity contribution in [3.05, 3.63) is 54.7 Å². The van der Waals surface area contributed by atoms with Crippen molar-refractivity contribution in [1.82, 2.24) is 29.7 Å². The van der Waals surface area contributed by atoms with Crippen molar-refractivity contribution >= 4 is 11.3 Å². The minimum Gasteiger partial charge on any atom is -0.355 e. The Morgan fingerprint density at radius 1 is 1.06 bits per heavy atom. The summed E-state index contributed by atoms with van der Waals surface area (Å²) in [5.41, 5.74) is 5.51. The van der Waals surface area contributed by atoms with Gasteiger partial charge in [-0.3, -0.25) is 4.68 Å². The van der Waals surface area contributed by atoms with Gasteiger partial charge in [0.25, 0.3) is 0 Å². The highest BCUT2D eigenvalue weighted by Gasteiger charge is 2.40. The summed E-state index contributed by atoms with van der Waals surface area (Å²) in [5, 5.41) is 22.1. The second-order valence-corrected chi connectivity index (χ2v) is 8.90. The van der Waals surface area contributed by atoms with E-state index in [0.29, 0.717) is 5.56 Å². The number of hydrogen-bond acceptors (Lipinski definition) is 6. The number of aromatic nitrogens is 5. The van der Waals surface area contributed by atoms with Crippen LogP contribution in [0, 0.1) is 11.3 Å². The molecule has 6 rings (SSSR count). The van der Waals surface area contributed by atoms with Gasteiger partial charge in [-0.15, -0.1) is 0 Å². The van der Waals surface area contributed by atoms with Crippen LogP contribution in [-0.4, -0.2) is 49.6 Å². The number of hydrogen-bond donors (Lipinski definition) is 1. The van der Waals surface area contributed by atoms with Crippen molar-refractivity contribution < 1.29 is 0 Å². The van der Waals surface area contributed by atoms with E-state index in [1.807, 2.05) is 31.8 Å². The molecule has 1 atom stereocenters. The van der Waals surface area contributed by atoms with Gasteiger partial charge in [-0.25, -0.2) is 9.50 Å². The second-order valence-electron chi connectivity index (χ2n) is 8.90. The van der Waals surface area contributed by atoms with Gasteiger partial charge in [-0.05, 0) is 44.0 Å². The van der Waals surface area contributed by atoms with E-state index in [0.717, 1.165) is 53.2 Å². The van der Waals surface area contributed by atoms with Crippen molar-refractivity contribution in [3.8, 4) is 28.3 Å². The fourth-order valence-corrected chi connectivity index (χ4v) is 5.17. The number of fused-ring (bicyclic) bond motifs is 1. The summed E-state index contributed by atoms with van der Waals surface area (Å²) >= 11 is 0. The monoisotopic (exact) mass is 424 g/mol. The molecule has 2 saturated heterocycles. The predicted octanol–water partition coefficient (Wildman–Crippen LogP) is 3.00. The standard InChI is InChI=1S/C24H24N8/c1-30-14-20(13-28-30)18-9-21(23-19(10-25)12-29-32(23)15-18)17-3-4-22(26-11-17)31-8-6-24(16-31)5-2-7-27-24/h3-4,9,11-15,27H,2,5-8,16H2,1H3. The van der Waals surface area contributed by atoms with E-state index in [9.17, 15) is 5.26 Å². The second kappa shape index (κ2) is 7.18. The molecule has 1 N–H and O–H groups in total. The molecule has 0 amide bonds. The molecule has 6 heterocycles. The summed E-state index contributed by atoms with van der Waals surface area (Å²) in [6.07, 6.45) is 13.0. The van der Waals surface area contributed by atoms with Crippen LogP contribution in [0.25, 0.3) is 27.8 Å². The van der Waals surface area contributed by atoms with Gasteiger partial charge in [-0.1, -0.05) is 0 Å². The van der Waals surface area contributed by atoms with Crippen molar-refractivity contribution in [3.63, 3.8) is 0 Å². The van der Waals surface area contributed by atoms with Gasteiger partial charge in [0, 0.05) is 66.5 Å². The molecular formula is C24H24N8. The van der Waals surface area contributed by atoms with E-state index >= 15 is 0 Å². The Bertz CT molecular complexity index is 1330. The van der Waals surface area contributed by atoms with E-state index < -0.39 is 0 Å². The Hall–Kier alpha value is -3.70. The molecule has 1 spiro atoms. The molecule has 2 aliphatic rings. The fraction of sp³-hybridized carbons (Fsp3) is 0.333. The molecule has 0 bridgehead atoms. The zero-order chi connectivity index (χ0) is 21.7. The van der Waals surface area contributed by atoms with Gasteiger partial charge in [0.15, 0.2) is 0 Å². The van der Waals surface area contributed by atoms with Gasteiger partial charge in [-0.2, -0.15) is 15.5 Å². The van der Waals surface area contributed by atoms with Crippen LogP contribution < -0.4 is 10.2 Å². The molecule has 2 fully saturated rings. The molecule has 8 heteroatoms. The number of nitrogens with one attached hydrogen (secondary N) is 1. The topological polar surface area (TPSA) is 87.1 Å². The number of pyridine rings is 2. The Morgan fingerprint density at radius 3 is 2.72 bits per heavy atom. The minimum atomic E-state index is 0.268. The lowest BCUT2D eigenvalue weighted by molar-refractivity contribution is 0.418. The third-order valence-electron chi connectivity index (χ3n) is 6.84. The molecule has 2 aliphatic heterocycles. The van der Waals surface area contributed by atoms with Crippen LogP contribution in [0.2, 0.25) is 0 Å². The van der Waals surface area contributed by atoms with Gasteiger partial charge < -0.3 is 10.2 Å².